The van der Waals surface area contributed by atoms with Crippen molar-refractivity contribution in [3.63, 3.8) is 0 Å². The molecule has 4 heteroatoms. The molecule has 76 valence electrons. The zero-order valence-electron chi connectivity index (χ0n) is 7.85. The molecule has 0 bridgehead atoms. The van der Waals surface area contributed by atoms with Gasteiger partial charge in [-0.15, -0.1) is 0 Å². The zero-order chi connectivity index (χ0) is 10.7. The topological polar surface area (TPSA) is 28.7 Å². The molecule has 0 fully saturated rings. The number of alkyl halides is 1. The summed E-state index contributed by atoms with van der Waals surface area (Å²) in [6.45, 7) is 0. The summed E-state index contributed by atoms with van der Waals surface area (Å²) in [4.78, 5) is 0. The minimum atomic E-state index is 0.844. The molecular weight excluding hydrogens is 320 g/mol. The van der Waals surface area contributed by atoms with Gasteiger partial charge in [-0.05, 0) is 24.1 Å². The molecule has 0 aliphatic rings. The van der Waals surface area contributed by atoms with E-state index in [0.29, 0.717) is 0 Å². The summed E-state index contributed by atoms with van der Waals surface area (Å²) in [5.41, 5.74) is 1.82. The van der Waals surface area contributed by atoms with Crippen LogP contribution < -0.4 is 0 Å². The summed E-state index contributed by atoms with van der Waals surface area (Å²) >= 11 is 6.75. The van der Waals surface area contributed by atoms with Crippen molar-refractivity contribution >= 4 is 42.8 Å². The molecular formula is C11H8Br2N2. The van der Waals surface area contributed by atoms with E-state index in [1.165, 1.54) is 0 Å². The van der Waals surface area contributed by atoms with Gasteiger partial charge in [-0.25, -0.2) is 0 Å². The van der Waals surface area contributed by atoms with Crippen molar-refractivity contribution in [2.75, 3.05) is 5.33 Å². The lowest BCUT2D eigenvalue weighted by atomic mass is 10.2. The fraction of sp³-hybridized carbons (Fsp3) is 0.182. The first-order valence-corrected chi connectivity index (χ1v) is 6.41. The number of benzene rings is 1. The normalized spacial score (nSPS) is 10.0. The Morgan fingerprint density at radius 3 is 3.07 bits per heavy atom. The molecule has 15 heavy (non-hydrogen) atoms. The Labute approximate surface area is 105 Å². The standard InChI is InChI=1S/C11H8Br2N2/c12-6-2-1-3-10-9-5-4-8(13)7-11(9)15-14-10/h4-5,7H,2,6H2,(H,14,15). The third-order valence-electron chi connectivity index (χ3n) is 1.95. The van der Waals surface area contributed by atoms with Crippen LogP contribution in [0.4, 0.5) is 0 Å². The molecule has 1 heterocycles. The summed E-state index contributed by atoms with van der Waals surface area (Å²) in [5, 5.41) is 9.10. The molecule has 1 aromatic carbocycles. The summed E-state index contributed by atoms with van der Waals surface area (Å²) < 4.78 is 1.03. The van der Waals surface area contributed by atoms with Gasteiger partial charge >= 0.3 is 0 Å². The Morgan fingerprint density at radius 1 is 1.40 bits per heavy atom. The smallest absolute Gasteiger partial charge is 0.115 e. The number of nitrogens with one attached hydrogen (secondary N) is 1. The molecule has 0 amide bonds. The van der Waals surface area contributed by atoms with Gasteiger partial charge in [0.2, 0.25) is 0 Å². The second-order valence-electron chi connectivity index (χ2n) is 3.00. The van der Waals surface area contributed by atoms with Crippen LogP contribution in [-0.4, -0.2) is 15.5 Å². The number of halogens is 2. The van der Waals surface area contributed by atoms with E-state index in [0.717, 1.165) is 32.8 Å². The first-order chi connectivity index (χ1) is 7.31. The molecule has 0 spiro atoms. The summed E-state index contributed by atoms with van der Waals surface area (Å²) in [6.07, 6.45) is 0.844. The molecule has 1 N–H and O–H groups in total. The lowest BCUT2D eigenvalue weighted by molar-refractivity contribution is 1.10. The molecule has 2 aromatic rings. The number of nitrogens with zero attached hydrogens (tertiary/aromatic N) is 1. The molecule has 0 unspecified atom stereocenters. The van der Waals surface area contributed by atoms with E-state index in [4.69, 9.17) is 0 Å². The lowest BCUT2D eigenvalue weighted by Crippen LogP contribution is -1.75. The number of aromatic nitrogens is 2. The largest absolute Gasteiger partial charge is 0.269 e. The lowest BCUT2D eigenvalue weighted by Gasteiger charge is -1.89. The number of fused-ring (bicyclic) bond motifs is 1. The maximum Gasteiger partial charge on any atom is 0.115 e. The zero-order valence-corrected chi connectivity index (χ0v) is 11.0. The molecule has 0 aliphatic carbocycles. The molecule has 0 atom stereocenters. The van der Waals surface area contributed by atoms with Crippen molar-refractivity contribution in [2.24, 2.45) is 0 Å². The average molecular weight is 328 g/mol. The van der Waals surface area contributed by atoms with Crippen LogP contribution in [0.25, 0.3) is 10.9 Å². The predicted octanol–water partition coefficient (Wildman–Crippen LogP) is 3.46. The van der Waals surface area contributed by atoms with Gasteiger partial charge in [-0.3, -0.25) is 5.10 Å². The van der Waals surface area contributed by atoms with Crippen molar-refractivity contribution < 1.29 is 0 Å². The molecule has 2 nitrogen and oxygen atoms in total. The van der Waals surface area contributed by atoms with Crippen LogP contribution in [0.5, 0.6) is 0 Å². The van der Waals surface area contributed by atoms with E-state index in [9.17, 15) is 0 Å². The monoisotopic (exact) mass is 326 g/mol. The maximum atomic E-state index is 4.19. The first-order valence-electron chi connectivity index (χ1n) is 4.50. The Hall–Kier alpha value is -0.790. The highest BCUT2D eigenvalue weighted by molar-refractivity contribution is 9.10. The molecule has 0 saturated carbocycles. The van der Waals surface area contributed by atoms with Crippen molar-refractivity contribution in [2.45, 2.75) is 6.42 Å². The summed E-state index contributed by atoms with van der Waals surface area (Å²) in [6, 6.07) is 5.98. The Morgan fingerprint density at radius 2 is 2.27 bits per heavy atom. The van der Waals surface area contributed by atoms with Crippen molar-refractivity contribution in [3.05, 3.63) is 28.4 Å². The van der Waals surface area contributed by atoms with Crippen LogP contribution in [0.15, 0.2) is 22.7 Å². The molecule has 1 aromatic heterocycles. The highest BCUT2D eigenvalue weighted by Gasteiger charge is 2.02. The van der Waals surface area contributed by atoms with Gasteiger partial charge in [0.1, 0.15) is 5.69 Å². The second-order valence-corrected chi connectivity index (χ2v) is 4.71. The van der Waals surface area contributed by atoms with E-state index in [1.807, 2.05) is 18.2 Å². The van der Waals surface area contributed by atoms with E-state index in [2.05, 4.69) is 53.9 Å². The van der Waals surface area contributed by atoms with Gasteiger partial charge in [0, 0.05) is 21.6 Å². The van der Waals surface area contributed by atoms with E-state index in [1.54, 1.807) is 0 Å². The van der Waals surface area contributed by atoms with Gasteiger partial charge in [0.25, 0.3) is 0 Å². The number of aromatic amines is 1. The minimum absolute atomic E-state index is 0.844. The van der Waals surface area contributed by atoms with Crippen molar-refractivity contribution in [1.82, 2.24) is 10.2 Å². The summed E-state index contributed by atoms with van der Waals surface area (Å²) in [7, 11) is 0. The summed E-state index contributed by atoms with van der Waals surface area (Å²) in [5.74, 6) is 6.14. The predicted molar refractivity (Wildman–Crippen MR) is 69.1 cm³/mol. The molecule has 0 radical (unpaired) electrons. The van der Waals surface area contributed by atoms with Crippen LogP contribution in [0.3, 0.4) is 0 Å². The van der Waals surface area contributed by atoms with E-state index in [-0.39, 0.29) is 0 Å². The molecule has 0 aliphatic heterocycles. The maximum absolute atomic E-state index is 4.19. The molecule has 2 rings (SSSR count). The van der Waals surface area contributed by atoms with Gasteiger partial charge in [-0.2, -0.15) is 5.10 Å². The van der Waals surface area contributed by atoms with Gasteiger partial charge in [0.05, 0.1) is 5.52 Å². The van der Waals surface area contributed by atoms with Crippen LogP contribution in [0, 0.1) is 11.8 Å². The first kappa shape index (κ1) is 10.7. The Kier molecular flexibility index (Phi) is 3.45. The second kappa shape index (κ2) is 4.82. The van der Waals surface area contributed by atoms with E-state index >= 15 is 0 Å². The fourth-order valence-corrected chi connectivity index (χ4v) is 1.83. The quantitative estimate of drug-likeness (QED) is 0.630. The number of hydrogen-bond acceptors (Lipinski definition) is 1. The van der Waals surface area contributed by atoms with Crippen LogP contribution >= 0.6 is 31.9 Å². The number of H-pyrrole nitrogens is 1. The Balaban J connectivity index is 2.42. The van der Waals surface area contributed by atoms with Crippen LogP contribution in [0.1, 0.15) is 12.1 Å². The van der Waals surface area contributed by atoms with Crippen LogP contribution in [-0.2, 0) is 0 Å². The van der Waals surface area contributed by atoms with Crippen molar-refractivity contribution in [1.29, 1.82) is 0 Å². The minimum Gasteiger partial charge on any atom is -0.269 e. The SMILES string of the molecule is BrCCC#Cc1[nH]nc2cc(Br)ccc12. The fourth-order valence-electron chi connectivity index (χ4n) is 1.28. The third kappa shape index (κ3) is 2.42. The third-order valence-corrected chi connectivity index (χ3v) is 2.84. The van der Waals surface area contributed by atoms with Crippen molar-refractivity contribution in [3.8, 4) is 11.8 Å². The van der Waals surface area contributed by atoms with Gasteiger partial charge in [-0.1, -0.05) is 37.8 Å². The number of rotatable bonds is 1. The Bertz CT molecular complexity index is 534. The highest BCUT2D eigenvalue weighted by atomic mass is 79.9. The van der Waals surface area contributed by atoms with E-state index < -0.39 is 0 Å². The average Bonchev–Trinajstić information content (AvgIpc) is 2.61. The van der Waals surface area contributed by atoms with Crippen LogP contribution in [0.2, 0.25) is 0 Å². The van der Waals surface area contributed by atoms with Gasteiger partial charge < -0.3 is 0 Å². The van der Waals surface area contributed by atoms with Gasteiger partial charge in [0.15, 0.2) is 0 Å². The number of hydrogen-bond donors (Lipinski definition) is 1. The highest BCUT2D eigenvalue weighted by Crippen LogP contribution is 2.19. The molecule has 0 saturated heterocycles.